The van der Waals surface area contributed by atoms with Crippen LogP contribution in [0.5, 0.6) is 0 Å². The second-order valence-corrected chi connectivity index (χ2v) is 4.68. The predicted molar refractivity (Wildman–Crippen MR) is 75.1 cm³/mol. The van der Waals surface area contributed by atoms with Crippen molar-refractivity contribution < 1.29 is 13.2 Å². The van der Waals surface area contributed by atoms with E-state index in [1.165, 1.54) is 12.1 Å². The highest BCUT2D eigenvalue weighted by molar-refractivity contribution is 5.69. The molecule has 0 unspecified atom stereocenters. The van der Waals surface area contributed by atoms with Gasteiger partial charge in [-0.25, -0.2) is 0 Å². The molecule has 5 heteroatoms. The summed E-state index contributed by atoms with van der Waals surface area (Å²) in [5.41, 5.74) is 7.35. The van der Waals surface area contributed by atoms with Crippen LogP contribution in [-0.4, -0.2) is 0 Å². The monoisotopic (exact) mass is 280 g/mol. The van der Waals surface area contributed by atoms with E-state index < -0.39 is 11.7 Å². The van der Waals surface area contributed by atoms with Crippen molar-refractivity contribution in [1.82, 2.24) is 0 Å². The van der Waals surface area contributed by atoms with Crippen LogP contribution in [0.3, 0.4) is 0 Å². The van der Waals surface area contributed by atoms with Gasteiger partial charge >= 0.3 is 6.18 Å². The number of alkyl halides is 3. The van der Waals surface area contributed by atoms with Crippen molar-refractivity contribution in [2.45, 2.75) is 20.0 Å². The molecule has 2 aromatic carbocycles. The molecule has 0 aliphatic carbocycles. The van der Waals surface area contributed by atoms with Gasteiger partial charge in [0.05, 0.1) is 11.3 Å². The van der Waals surface area contributed by atoms with Crippen LogP contribution in [-0.2, 0) is 6.18 Å². The molecule has 3 N–H and O–H groups in total. The summed E-state index contributed by atoms with van der Waals surface area (Å²) in [6, 6.07) is 9.19. The summed E-state index contributed by atoms with van der Waals surface area (Å²) in [7, 11) is 0. The lowest BCUT2D eigenvalue weighted by atomic mass is 10.1. The first-order chi connectivity index (χ1) is 9.29. The molecule has 2 nitrogen and oxygen atoms in total. The van der Waals surface area contributed by atoms with E-state index >= 15 is 0 Å². The third-order valence-electron chi connectivity index (χ3n) is 3.22. The summed E-state index contributed by atoms with van der Waals surface area (Å²) in [5, 5.41) is 2.84. The molecule has 2 rings (SSSR count). The Morgan fingerprint density at radius 1 is 1.00 bits per heavy atom. The summed E-state index contributed by atoms with van der Waals surface area (Å²) in [4.78, 5) is 0. The van der Waals surface area contributed by atoms with Crippen LogP contribution in [0, 0.1) is 13.8 Å². The first-order valence-electron chi connectivity index (χ1n) is 6.09. The lowest BCUT2D eigenvalue weighted by Crippen LogP contribution is -2.10. The van der Waals surface area contributed by atoms with E-state index in [1.54, 1.807) is 12.1 Å². The third kappa shape index (κ3) is 2.87. The number of nitrogen functional groups attached to an aromatic ring is 1. The van der Waals surface area contributed by atoms with Crippen molar-refractivity contribution in [3.8, 4) is 0 Å². The number of aryl methyl sites for hydroxylation is 1. The molecule has 0 heterocycles. The molecule has 0 fully saturated rings. The zero-order valence-corrected chi connectivity index (χ0v) is 11.2. The summed E-state index contributed by atoms with van der Waals surface area (Å²) in [6.45, 7) is 3.77. The van der Waals surface area contributed by atoms with Crippen LogP contribution in [0.15, 0.2) is 36.4 Å². The molecule has 0 radical (unpaired) electrons. The van der Waals surface area contributed by atoms with Gasteiger partial charge in [0.1, 0.15) is 0 Å². The van der Waals surface area contributed by atoms with E-state index in [-0.39, 0.29) is 11.4 Å². The Labute approximate surface area is 115 Å². The molecular weight excluding hydrogens is 265 g/mol. The molecule has 2 aromatic rings. The molecule has 0 saturated carbocycles. The van der Waals surface area contributed by atoms with E-state index in [2.05, 4.69) is 5.32 Å². The van der Waals surface area contributed by atoms with Crippen LogP contribution in [0.4, 0.5) is 30.2 Å². The molecule has 0 bridgehead atoms. The van der Waals surface area contributed by atoms with Gasteiger partial charge in [0.15, 0.2) is 0 Å². The van der Waals surface area contributed by atoms with Crippen LogP contribution in [0.25, 0.3) is 0 Å². The molecule has 106 valence electrons. The first-order valence-corrected chi connectivity index (χ1v) is 6.09. The molecular formula is C15H15F3N2. The Kier molecular flexibility index (Phi) is 3.61. The van der Waals surface area contributed by atoms with Crippen LogP contribution >= 0.6 is 0 Å². The highest BCUT2D eigenvalue weighted by Gasteiger charge is 2.33. The predicted octanol–water partition coefficient (Wildman–Crippen LogP) is 4.65. The number of hydrogen-bond donors (Lipinski definition) is 2. The van der Waals surface area contributed by atoms with E-state index in [4.69, 9.17) is 5.73 Å². The Bertz CT molecular complexity index is 634. The van der Waals surface area contributed by atoms with Gasteiger partial charge in [-0.15, -0.1) is 0 Å². The van der Waals surface area contributed by atoms with Gasteiger partial charge in [-0.2, -0.15) is 13.2 Å². The minimum absolute atomic E-state index is 0.000370. The number of hydrogen-bond acceptors (Lipinski definition) is 2. The standard InChI is InChI=1S/C15H15F3N2/c1-9-4-3-5-13(10(9)2)20-14-7-6-11(19)8-12(14)15(16,17)18/h3-8,20H,19H2,1-2H3. The molecule has 0 spiro atoms. The molecule has 0 aliphatic heterocycles. The van der Waals surface area contributed by atoms with Crippen molar-refractivity contribution in [2.75, 3.05) is 11.1 Å². The smallest absolute Gasteiger partial charge is 0.399 e. The molecule has 0 aromatic heterocycles. The number of anilines is 3. The van der Waals surface area contributed by atoms with Gasteiger partial charge in [-0.3, -0.25) is 0 Å². The van der Waals surface area contributed by atoms with Crippen LogP contribution in [0.1, 0.15) is 16.7 Å². The Balaban J connectivity index is 2.46. The van der Waals surface area contributed by atoms with E-state index in [0.717, 1.165) is 17.2 Å². The van der Waals surface area contributed by atoms with Gasteiger partial charge < -0.3 is 11.1 Å². The number of rotatable bonds is 2. The number of nitrogens with one attached hydrogen (secondary N) is 1. The zero-order valence-electron chi connectivity index (χ0n) is 11.2. The maximum atomic E-state index is 13.0. The maximum absolute atomic E-state index is 13.0. The molecule has 20 heavy (non-hydrogen) atoms. The Morgan fingerprint density at radius 3 is 2.35 bits per heavy atom. The summed E-state index contributed by atoms with van der Waals surface area (Å²) in [6.07, 6.45) is -4.45. The minimum Gasteiger partial charge on any atom is -0.399 e. The first kappa shape index (κ1) is 14.2. The van der Waals surface area contributed by atoms with Crippen molar-refractivity contribution in [1.29, 1.82) is 0 Å². The molecule has 0 saturated heterocycles. The number of benzene rings is 2. The third-order valence-corrected chi connectivity index (χ3v) is 3.22. The fourth-order valence-electron chi connectivity index (χ4n) is 1.94. The quantitative estimate of drug-likeness (QED) is 0.786. The molecule has 0 aliphatic rings. The van der Waals surface area contributed by atoms with Crippen LogP contribution in [0.2, 0.25) is 0 Å². The minimum atomic E-state index is -4.45. The fraction of sp³-hybridized carbons (Fsp3) is 0.200. The van der Waals surface area contributed by atoms with Crippen molar-refractivity contribution in [3.05, 3.63) is 53.1 Å². The zero-order chi connectivity index (χ0) is 14.9. The van der Waals surface area contributed by atoms with Crippen molar-refractivity contribution >= 4 is 17.1 Å². The average Bonchev–Trinajstić information content (AvgIpc) is 2.36. The lowest BCUT2D eigenvalue weighted by Gasteiger charge is -2.17. The summed E-state index contributed by atoms with van der Waals surface area (Å²) in [5.74, 6) is 0. The second kappa shape index (κ2) is 5.07. The Morgan fingerprint density at radius 2 is 1.70 bits per heavy atom. The van der Waals surface area contributed by atoms with Gasteiger partial charge in [0, 0.05) is 11.4 Å². The summed E-state index contributed by atoms with van der Waals surface area (Å²) < 4.78 is 39.0. The largest absolute Gasteiger partial charge is 0.418 e. The number of nitrogens with two attached hydrogens (primary N) is 1. The highest BCUT2D eigenvalue weighted by atomic mass is 19.4. The normalized spacial score (nSPS) is 11.4. The molecule has 0 amide bonds. The van der Waals surface area contributed by atoms with Gasteiger partial charge in [-0.05, 0) is 49.2 Å². The van der Waals surface area contributed by atoms with Gasteiger partial charge in [0.25, 0.3) is 0 Å². The number of halogens is 3. The SMILES string of the molecule is Cc1cccc(Nc2ccc(N)cc2C(F)(F)F)c1C. The summed E-state index contributed by atoms with van der Waals surface area (Å²) >= 11 is 0. The topological polar surface area (TPSA) is 38.0 Å². The van der Waals surface area contributed by atoms with Crippen molar-refractivity contribution in [3.63, 3.8) is 0 Å². The van der Waals surface area contributed by atoms with E-state index in [0.29, 0.717) is 5.69 Å². The van der Waals surface area contributed by atoms with Crippen molar-refractivity contribution in [2.24, 2.45) is 0 Å². The lowest BCUT2D eigenvalue weighted by molar-refractivity contribution is -0.136. The fourth-order valence-corrected chi connectivity index (χ4v) is 1.94. The maximum Gasteiger partial charge on any atom is 0.418 e. The average molecular weight is 280 g/mol. The Hall–Kier alpha value is -2.17. The highest BCUT2D eigenvalue weighted by Crippen LogP contribution is 2.37. The van der Waals surface area contributed by atoms with Gasteiger partial charge in [-0.1, -0.05) is 12.1 Å². The molecule has 0 atom stereocenters. The van der Waals surface area contributed by atoms with E-state index in [1.807, 2.05) is 19.9 Å². The van der Waals surface area contributed by atoms with E-state index in [9.17, 15) is 13.2 Å². The second-order valence-electron chi connectivity index (χ2n) is 4.68. The van der Waals surface area contributed by atoms with Gasteiger partial charge in [0.2, 0.25) is 0 Å². The van der Waals surface area contributed by atoms with Crippen LogP contribution < -0.4 is 11.1 Å².